The summed E-state index contributed by atoms with van der Waals surface area (Å²) in [5, 5.41) is 26.4. The number of carbonyl (C=O) groups is 2. The summed E-state index contributed by atoms with van der Waals surface area (Å²) >= 11 is 0. The Bertz CT molecular complexity index is 931. The van der Waals surface area contributed by atoms with Crippen molar-refractivity contribution >= 4 is 29.1 Å². The van der Waals surface area contributed by atoms with Crippen LogP contribution in [-0.4, -0.2) is 30.0 Å². The molecule has 3 N–H and O–H groups in total. The van der Waals surface area contributed by atoms with Crippen LogP contribution in [0.15, 0.2) is 58.4 Å². The topological polar surface area (TPSA) is 124 Å². The fourth-order valence-electron chi connectivity index (χ4n) is 1.97. The number of carboxylic acids is 1. The third-order valence-corrected chi connectivity index (χ3v) is 3.37. The number of amides is 1. The standard InChI is InChI=1S/C18H16N4O4/c1-11-6-7-12(18(24)25)8-15(11)21-22-16(10-19)17(23)20-13-4-3-5-14(9-13)26-2/h3-9,19H,1-2H3,(H,20,23)(H,24,25). The number of hydrogen-bond donors (Lipinski definition) is 3. The molecule has 0 unspecified atom stereocenters. The van der Waals surface area contributed by atoms with Crippen molar-refractivity contribution in [1.29, 1.82) is 5.41 Å². The van der Waals surface area contributed by atoms with E-state index >= 15 is 0 Å². The summed E-state index contributed by atoms with van der Waals surface area (Å²) in [6.07, 6.45) is 0. The van der Waals surface area contributed by atoms with E-state index in [9.17, 15) is 9.59 Å². The fourth-order valence-corrected chi connectivity index (χ4v) is 1.97. The molecular formula is C18H16N4O4. The Morgan fingerprint density at radius 2 is 2.00 bits per heavy atom. The maximum Gasteiger partial charge on any atom is 0.335 e. The molecule has 1 amide bonds. The second kappa shape index (κ2) is 8.36. The lowest BCUT2D eigenvalue weighted by Gasteiger charge is -2.06. The Balaban J connectivity index is 2.20. The summed E-state index contributed by atoms with van der Waals surface area (Å²) in [5.41, 5.74) is 1.11. The molecule has 0 atom stereocenters. The largest absolute Gasteiger partial charge is 0.497 e. The van der Waals surface area contributed by atoms with Crippen molar-refractivity contribution in [3.8, 4) is 5.75 Å². The number of azo groups is 1. The van der Waals surface area contributed by atoms with Crippen LogP contribution in [0.25, 0.3) is 0 Å². The second-order valence-electron chi connectivity index (χ2n) is 5.17. The predicted molar refractivity (Wildman–Crippen MR) is 95.5 cm³/mol. The maximum absolute atomic E-state index is 12.2. The molecule has 0 fully saturated rings. The van der Waals surface area contributed by atoms with Crippen LogP contribution < -0.4 is 10.1 Å². The second-order valence-corrected chi connectivity index (χ2v) is 5.17. The molecule has 8 heteroatoms. The molecule has 2 rings (SSSR count). The minimum Gasteiger partial charge on any atom is -0.497 e. The third kappa shape index (κ3) is 4.62. The van der Waals surface area contributed by atoms with Crippen molar-refractivity contribution in [1.82, 2.24) is 0 Å². The predicted octanol–water partition coefficient (Wildman–Crippen LogP) is 3.56. The van der Waals surface area contributed by atoms with Gasteiger partial charge in [-0.05, 0) is 36.8 Å². The molecule has 0 aliphatic rings. The molecule has 26 heavy (non-hydrogen) atoms. The van der Waals surface area contributed by atoms with Gasteiger partial charge in [-0.25, -0.2) is 4.79 Å². The Labute approximate surface area is 149 Å². The van der Waals surface area contributed by atoms with Crippen LogP contribution in [-0.2, 0) is 4.79 Å². The highest BCUT2D eigenvalue weighted by atomic mass is 16.5. The number of methoxy groups -OCH3 is 1. The Kier molecular flexibility index (Phi) is 5.97. The monoisotopic (exact) mass is 352 g/mol. The average Bonchev–Trinajstić information content (AvgIpc) is 2.63. The zero-order valence-corrected chi connectivity index (χ0v) is 14.1. The SMILES string of the molecule is COc1cccc(NC(=O)C(=C=N)N=Nc2cc(C(=O)O)ccc2C)c1. The van der Waals surface area contributed by atoms with E-state index in [0.29, 0.717) is 17.0 Å². The normalized spacial score (nSPS) is 10.2. The molecule has 2 aromatic rings. The van der Waals surface area contributed by atoms with Gasteiger partial charge in [0, 0.05) is 17.6 Å². The summed E-state index contributed by atoms with van der Waals surface area (Å²) in [5.74, 6) is 0.711. The number of nitrogens with zero attached hydrogens (tertiary/aromatic N) is 2. The molecule has 0 spiro atoms. The first-order chi connectivity index (χ1) is 12.4. The molecule has 0 saturated carbocycles. The van der Waals surface area contributed by atoms with Gasteiger partial charge < -0.3 is 15.2 Å². The van der Waals surface area contributed by atoms with Crippen LogP contribution in [0, 0.1) is 12.3 Å². The smallest absolute Gasteiger partial charge is 0.335 e. The number of carbonyl (C=O) groups excluding carboxylic acids is 1. The van der Waals surface area contributed by atoms with E-state index in [1.165, 1.54) is 19.2 Å². The van der Waals surface area contributed by atoms with Gasteiger partial charge in [0.25, 0.3) is 5.91 Å². The lowest BCUT2D eigenvalue weighted by Crippen LogP contribution is -2.13. The number of rotatable bonds is 6. The van der Waals surface area contributed by atoms with Gasteiger partial charge in [-0.2, -0.15) is 0 Å². The molecule has 8 nitrogen and oxygen atoms in total. The number of aryl methyl sites for hydroxylation is 1. The van der Waals surface area contributed by atoms with E-state index in [-0.39, 0.29) is 16.9 Å². The quantitative estimate of drug-likeness (QED) is 0.417. The van der Waals surface area contributed by atoms with Crippen molar-refractivity contribution in [2.45, 2.75) is 6.92 Å². The Morgan fingerprint density at radius 3 is 2.65 bits per heavy atom. The maximum atomic E-state index is 12.2. The third-order valence-electron chi connectivity index (χ3n) is 3.37. The summed E-state index contributed by atoms with van der Waals surface area (Å²) in [4.78, 5) is 23.2. The summed E-state index contributed by atoms with van der Waals surface area (Å²) in [6, 6.07) is 11.0. The van der Waals surface area contributed by atoms with E-state index in [1.54, 1.807) is 37.3 Å². The molecule has 2 aromatic carbocycles. The van der Waals surface area contributed by atoms with Crippen molar-refractivity contribution in [2.24, 2.45) is 10.2 Å². The Morgan fingerprint density at radius 1 is 1.23 bits per heavy atom. The molecule has 0 heterocycles. The van der Waals surface area contributed by atoms with Crippen molar-refractivity contribution < 1.29 is 19.4 Å². The lowest BCUT2D eigenvalue weighted by atomic mass is 10.1. The first-order valence-corrected chi connectivity index (χ1v) is 7.45. The highest BCUT2D eigenvalue weighted by molar-refractivity contribution is 6.08. The van der Waals surface area contributed by atoms with Crippen LogP contribution >= 0.6 is 0 Å². The highest BCUT2D eigenvalue weighted by Crippen LogP contribution is 2.22. The summed E-state index contributed by atoms with van der Waals surface area (Å²) in [7, 11) is 1.51. The van der Waals surface area contributed by atoms with Crippen LogP contribution in [0.2, 0.25) is 0 Å². The minimum atomic E-state index is -1.10. The van der Waals surface area contributed by atoms with Crippen molar-refractivity contribution in [3.05, 3.63) is 59.3 Å². The molecule has 0 saturated heterocycles. The van der Waals surface area contributed by atoms with Gasteiger partial charge in [-0.3, -0.25) is 10.2 Å². The number of anilines is 1. The molecule has 0 aromatic heterocycles. The van der Waals surface area contributed by atoms with Gasteiger partial charge in [-0.1, -0.05) is 12.1 Å². The molecule has 0 radical (unpaired) electrons. The highest BCUT2D eigenvalue weighted by Gasteiger charge is 2.11. The lowest BCUT2D eigenvalue weighted by molar-refractivity contribution is -0.112. The number of aromatic carboxylic acids is 1. The Hall–Kier alpha value is -3.77. The number of carboxylic acid groups (broad SMARTS) is 1. The van der Waals surface area contributed by atoms with Crippen LogP contribution in [0.4, 0.5) is 11.4 Å². The molecule has 0 bridgehead atoms. The van der Waals surface area contributed by atoms with E-state index in [2.05, 4.69) is 15.5 Å². The number of nitrogens with one attached hydrogen (secondary N) is 2. The first-order valence-electron chi connectivity index (χ1n) is 7.45. The van der Waals surface area contributed by atoms with Crippen molar-refractivity contribution in [3.63, 3.8) is 0 Å². The minimum absolute atomic E-state index is 0.0470. The van der Waals surface area contributed by atoms with Gasteiger partial charge in [0.15, 0.2) is 0 Å². The average molecular weight is 352 g/mol. The van der Waals surface area contributed by atoms with Crippen LogP contribution in [0.5, 0.6) is 5.75 Å². The number of ether oxygens (including phenoxy) is 1. The van der Waals surface area contributed by atoms with E-state index in [4.69, 9.17) is 15.3 Å². The van der Waals surface area contributed by atoms with Crippen LogP contribution in [0.1, 0.15) is 15.9 Å². The number of benzene rings is 2. The van der Waals surface area contributed by atoms with E-state index < -0.39 is 11.9 Å². The zero-order valence-electron chi connectivity index (χ0n) is 14.1. The van der Waals surface area contributed by atoms with Crippen LogP contribution in [0.3, 0.4) is 0 Å². The van der Waals surface area contributed by atoms with Crippen molar-refractivity contribution in [2.75, 3.05) is 12.4 Å². The summed E-state index contributed by atoms with van der Waals surface area (Å²) < 4.78 is 5.07. The summed E-state index contributed by atoms with van der Waals surface area (Å²) in [6.45, 7) is 1.73. The van der Waals surface area contributed by atoms with Gasteiger partial charge >= 0.3 is 5.97 Å². The number of hydrogen-bond acceptors (Lipinski definition) is 6. The molecular weight excluding hydrogens is 336 g/mol. The van der Waals surface area contributed by atoms with Gasteiger partial charge in [0.2, 0.25) is 5.70 Å². The zero-order chi connectivity index (χ0) is 19.1. The fraction of sp³-hybridized carbons (Fsp3) is 0.111. The van der Waals surface area contributed by atoms with Gasteiger partial charge in [0.1, 0.15) is 5.75 Å². The van der Waals surface area contributed by atoms with Gasteiger partial charge in [-0.15, -0.1) is 10.2 Å². The van der Waals surface area contributed by atoms with E-state index in [1.807, 2.05) is 5.87 Å². The van der Waals surface area contributed by atoms with Gasteiger partial charge in [0.05, 0.1) is 18.4 Å². The molecule has 0 aliphatic heterocycles. The molecule has 0 aliphatic carbocycles. The van der Waals surface area contributed by atoms with E-state index in [0.717, 1.165) is 0 Å². The first kappa shape index (κ1) is 18.6. The molecule has 132 valence electrons.